The van der Waals surface area contributed by atoms with Crippen molar-refractivity contribution >= 4 is 16.8 Å². The van der Waals surface area contributed by atoms with Crippen molar-refractivity contribution in [3.05, 3.63) is 24.1 Å². The van der Waals surface area contributed by atoms with Crippen LogP contribution < -0.4 is 10.6 Å². The summed E-state index contributed by atoms with van der Waals surface area (Å²) in [6.45, 7) is 6.43. The van der Waals surface area contributed by atoms with Crippen molar-refractivity contribution in [2.24, 2.45) is 0 Å². The molecule has 0 bridgehead atoms. The van der Waals surface area contributed by atoms with E-state index in [0.717, 1.165) is 35.8 Å². The lowest BCUT2D eigenvalue weighted by Crippen LogP contribution is -2.21. The van der Waals surface area contributed by atoms with Crippen molar-refractivity contribution < 1.29 is 4.42 Å². The third kappa shape index (κ3) is 2.96. The molecular formula is C16H23N3O. The summed E-state index contributed by atoms with van der Waals surface area (Å²) in [7, 11) is 0. The SMILES string of the molecule is CC(C)c1nc2cc(NC3CCCNCC3)ccc2o1. The molecule has 0 spiro atoms. The van der Waals surface area contributed by atoms with Gasteiger partial charge in [-0.25, -0.2) is 4.98 Å². The lowest BCUT2D eigenvalue weighted by molar-refractivity contribution is 0.501. The van der Waals surface area contributed by atoms with E-state index in [1.54, 1.807) is 0 Å². The van der Waals surface area contributed by atoms with Crippen molar-refractivity contribution in [1.29, 1.82) is 0 Å². The standard InChI is InChI=1S/C16H23N3O/c1-11(2)16-19-14-10-13(5-6-15(14)20-16)18-12-4-3-8-17-9-7-12/h5-6,10-12,17-18H,3-4,7-9H2,1-2H3. The summed E-state index contributed by atoms with van der Waals surface area (Å²) in [4.78, 5) is 4.57. The lowest BCUT2D eigenvalue weighted by atomic mass is 10.1. The summed E-state index contributed by atoms with van der Waals surface area (Å²) in [5, 5.41) is 7.07. The summed E-state index contributed by atoms with van der Waals surface area (Å²) >= 11 is 0. The Kier molecular flexibility index (Phi) is 3.92. The monoisotopic (exact) mass is 273 g/mol. The first-order valence-corrected chi connectivity index (χ1v) is 7.60. The lowest BCUT2D eigenvalue weighted by Gasteiger charge is -2.17. The third-order valence-corrected chi connectivity index (χ3v) is 3.84. The number of anilines is 1. The summed E-state index contributed by atoms with van der Waals surface area (Å²) in [5.74, 6) is 1.14. The second-order valence-corrected chi connectivity index (χ2v) is 5.91. The predicted molar refractivity (Wildman–Crippen MR) is 82.2 cm³/mol. The van der Waals surface area contributed by atoms with E-state index < -0.39 is 0 Å². The van der Waals surface area contributed by atoms with Crippen LogP contribution in [0.15, 0.2) is 22.6 Å². The van der Waals surface area contributed by atoms with Crippen molar-refractivity contribution in [1.82, 2.24) is 10.3 Å². The summed E-state index contributed by atoms with van der Waals surface area (Å²) in [6.07, 6.45) is 3.64. The Morgan fingerprint density at radius 3 is 3.05 bits per heavy atom. The molecule has 1 fully saturated rings. The quantitative estimate of drug-likeness (QED) is 0.898. The fourth-order valence-electron chi connectivity index (χ4n) is 2.68. The van der Waals surface area contributed by atoms with Gasteiger partial charge in [0.25, 0.3) is 0 Å². The van der Waals surface area contributed by atoms with E-state index in [4.69, 9.17) is 4.42 Å². The Hall–Kier alpha value is -1.55. The summed E-state index contributed by atoms with van der Waals surface area (Å²) in [6, 6.07) is 6.77. The van der Waals surface area contributed by atoms with E-state index in [1.165, 1.54) is 19.3 Å². The minimum Gasteiger partial charge on any atom is -0.440 e. The van der Waals surface area contributed by atoms with Gasteiger partial charge in [0.15, 0.2) is 11.5 Å². The van der Waals surface area contributed by atoms with E-state index in [2.05, 4.69) is 41.6 Å². The van der Waals surface area contributed by atoms with Gasteiger partial charge in [-0.05, 0) is 50.6 Å². The van der Waals surface area contributed by atoms with Crippen LogP contribution in [0.4, 0.5) is 5.69 Å². The molecule has 1 aromatic carbocycles. The van der Waals surface area contributed by atoms with Crippen molar-refractivity contribution in [2.45, 2.75) is 45.1 Å². The topological polar surface area (TPSA) is 50.1 Å². The molecule has 1 aliphatic heterocycles. The van der Waals surface area contributed by atoms with E-state index in [1.807, 2.05) is 6.07 Å². The van der Waals surface area contributed by atoms with Crippen LogP contribution in [0.25, 0.3) is 11.1 Å². The van der Waals surface area contributed by atoms with Crippen LogP contribution in [0.1, 0.15) is 44.9 Å². The second-order valence-electron chi connectivity index (χ2n) is 5.91. The number of hydrogen-bond acceptors (Lipinski definition) is 4. The molecule has 0 amide bonds. The summed E-state index contributed by atoms with van der Waals surface area (Å²) < 4.78 is 5.75. The second kappa shape index (κ2) is 5.83. The molecule has 108 valence electrons. The van der Waals surface area contributed by atoms with Crippen molar-refractivity contribution in [3.63, 3.8) is 0 Å². The van der Waals surface area contributed by atoms with Crippen LogP contribution in [-0.4, -0.2) is 24.1 Å². The molecule has 0 radical (unpaired) electrons. The number of benzene rings is 1. The number of hydrogen-bond donors (Lipinski definition) is 2. The Balaban J connectivity index is 1.77. The predicted octanol–water partition coefficient (Wildman–Crippen LogP) is 3.51. The van der Waals surface area contributed by atoms with Crippen LogP contribution in [0.5, 0.6) is 0 Å². The number of aromatic nitrogens is 1. The first kappa shape index (κ1) is 13.4. The Bertz CT molecular complexity index is 568. The van der Waals surface area contributed by atoms with Gasteiger partial charge in [0.1, 0.15) is 5.52 Å². The van der Waals surface area contributed by atoms with Crippen LogP contribution in [-0.2, 0) is 0 Å². The average molecular weight is 273 g/mol. The van der Waals surface area contributed by atoms with Crippen LogP contribution in [0.3, 0.4) is 0 Å². The third-order valence-electron chi connectivity index (χ3n) is 3.84. The molecule has 2 aromatic rings. The molecule has 1 aliphatic rings. The zero-order valence-corrected chi connectivity index (χ0v) is 12.3. The molecule has 0 saturated carbocycles. The van der Waals surface area contributed by atoms with Gasteiger partial charge in [0.2, 0.25) is 0 Å². The molecule has 1 aromatic heterocycles. The van der Waals surface area contributed by atoms with E-state index in [9.17, 15) is 0 Å². The minimum atomic E-state index is 0.326. The fraction of sp³-hybridized carbons (Fsp3) is 0.562. The normalized spacial score (nSPS) is 20.2. The smallest absolute Gasteiger partial charge is 0.198 e. The molecule has 2 heterocycles. The Morgan fingerprint density at radius 1 is 1.30 bits per heavy atom. The number of oxazole rings is 1. The van der Waals surface area contributed by atoms with Gasteiger partial charge in [-0.2, -0.15) is 0 Å². The van der Waals surface area contributed by atoms with Gasteiger partial charge in [0.05, 0.1) is 0 Å². The van der Waals surface area contributed by atoms with Gasteiger partial charge < -0.3 is 15.1 Å². The molecule has 4 heteroatoms. The zero-order valence-electron chi connectivity index (χ0n) is 12.3. The maximum absolute atomic E-state index is 5.75. The molecule has 2 N–H and O–H groups in total. The van der Waals surface area contributed by atoms with E-state index in [-0.39, 0.29) is 0 Å². The highest BCUT2D eigenvalue weighted by Crippen LogP contribution is 2.24. The number of rotatable bonds is 3. The fourth-order valence-corrected chi connectivity index (χ4v) is 2.68. The molecule has 0 aliphatic carbocycles. The molecular weight excluding hydrogens is 250 g/mol. The maximum atomic E-state index is 5.75. The van der Waals surface area contributed by atoms with Crippen molar-refractivity contribution in [3.8, 4) is 0 Å². The van der Waals surface area contributed by atoms with Gasteiger partial charge in [0, 0.05) is 17.6 Å². The number of fused-ring (bicyclic) bond motifs is 1. The van der Waals surface area contributed by atoms with E-state index in [0.29, 0.717) is 12.0 Å². The first-order valence-electron chi connectivity index (χ1n) is 7.60. The molecule has 1 unspecified atom stereocenters. The highest BCUT2D eigenvalue weighted by atomic mass is 16.3. The molecule has 20 heavy (non-hydrogen) atoms. The molecule has 1 saturated heterocycles. The summed E-state index contributed by atoms with van der Waals surface area (Å²) in [5.41, 5.74) is 2.97. The van der Waals surface area contributed by atoms with Gasteiger partial charge in [-0.15, -0.1) is 0 Å². The highest BCUT2D eigenvalue weighted by Gasteiger charge is 2.13. The van der Waals surface area contributed by atoms with Gasteiger partial charge >= 0.3 is 0 Å². The molecule has 1 atom stereocenters. The maximum Gasteiger partial charge on any atom is 0.198 e. The van der Waals surface area contributed by atoms with Crippen LogP contribution >= 0.6 is 0 Å². The minimum absolute atomic E-state index is 0.326. The van der Waals surface area contributed by atoms with Crippen LogP contribution in [0, 0.1) is 0 Å². The number of nitrogens with one attached hydrogen (secondary N) is 2. The number of nitrogens with zero attached hydrogens (tertiary/aromatic N) is 1. The van der Waals surface area contributed by atoms with E-state index >= 15 is 0 Å². The molecule has 4 nitrogen and oxygen atoms in total. The van der Waals surface area contributed by atoms with Gasteiger partial charge in [-0.1, -0.05) is 13.8 Å². The zero-order chi connectivity index (χ0) is 13.9. The highest BCUT2D eigenvalue weighted by molar-refractivity contribution is 5.77. The largest absolute Gasteiger partial charge is 0.440 e. The average Bonchev–Trinajstić information content (AvgIpc) is 2.69. The Morgan fingerprint density at radius 2 is 2.20 bits per heavy atom. The van der Waals surface area contributed by atoms with Gasteiger partial charge in [-0.3, -0.25) is 0 Å². The Labute approximate surface area is 120 Å². The molecule has 3 rings (SSSR count). The first-order chi connectivity index (χ1) is 9.72. The van der Waals surface area contributed by atoms with Crippen LogP contribution in [0.2, 0.25) is 0 Å². The van der Waals surface area contributed by atoms with Crippen molar-refractivity contribution in [2.75, 3.05) is 18.4 Å².